The molecule has 0 atom stereocenters. The van der Waals surface area contributed by atoms with Gasteiger partial charge in [-0.3, -0.25) is 4.90 Å². The molecule has 1 aliphatic rings. The van der Waals surface area contributed by atoms with Crippen LogP contribution < -0.4 is 10.6 Å². The van der Waals surface area contributed by atoms with Crippen molar-refractivity contribution in [2.45, 2.75) is 45.4 Å². The number of nitrogens with one attached hydrogen (secondary N) is 2. The van der Waals surface area contributed by atoms with Crippen molar-refractivity contribution in [3.63, 3.8) is 0 Å². The summed E-state index contributed by atoms with van der Waals surface area (Å²) in [4.78, 5) is 7.03. The van der Waals surface area contributed by atoms with Crippen molar-refractivity contribution < 1.29 is 9.26 Å². The minimum atomic E-state index is 0. The minimum absolute atomic E-state index is 0. The first-order chi connectivity index (χ1) is 14.3. The zero-order valence-corrected chi connectivity index (χ0v) is 20.1. The quantitative estimate of drug-likeness (QED) is 0.214. The molecule has 1 fully saturated rings. The smallest absolute Gasteiger partial charge is 0.191 e. The Bertz CT molecular complexity index is 704. The maximum Gasteiger partial charge on any atom is 0.191 e. The van der Waals surface area contributed by atoms with E-state index in [0.29, 0.717) is 12.6 Å². The molecular formula is C22H34IN5O2. The van der Waals surface area contributed by atoms with Crippen LogP contribution in [0.1, 0.15) is 37.4 Å². The lowest BCUT2D eigenvalue weighted by molar-refractivity contribution is 0.00534. The molecule has 1 aromatic carbocycles. The number of halogens is 1. The number of rotatable bonds is 10. The van der Waals surface area contributed by atoms with Crippen LogP contribution in [0, 0.1) is 0 Å². The molecule has 2 aromatic rings. The molecule has 0 unspecified atom stereocenters. The van der Waals surface area contributed by atoms with Crippen LogP contribution in [-0.2, 0) is 17.8 Å². The summed E-state index contributed by atoms with van der Waals surface area (Å²) < 4.78 is 10.9. The van der Waals surface area contributed by atoms with E-state index in [0.717, 1.165) is 70.2 Å². The first-order valence-corrected chi connectivity index (χ1v) is 10.6. The fourth-order valence-electron chi connectivity index (χ4n) is 3.43. The molecule has 166 valence electrons. The van der Waals surface area contributed by atoms with Crippen LogP contribution in [0.5, 0.6) is 0 Å². The van der Waals surface area contributed by atoms with Crippen LogP contribution in [0.2, 0.25) is 0 Å². The second kappa shape index (κ2) is 14.4. The van der Waals surface area contributed by atoms with Gasteiger partial charge < -0.3 is 19.9 Å². The second-order valence-electron chi connectivity index (χ2n) is 7.30. The maximum atomic E-state index is 6.09. The number of hydrogen-bond donors (Lipinski definition) is 2. The molecule has 30 heavy (non-hydrogen) atoms. The fourth-order valence-corrected chi connectivity index (χ4v) is 3.43. The third kappa shape index (κ3) is 9.01. The van der Waals surface area contributed by atoms with Gasteiger partial charge in [-0.15, -0.1) is 24.0 Å². The number of benzene rings is 1. The van der Waals surface area contributed by atoms with Crippen molar-refractivity contribution >= 4 is 29.9 Å². The normalized spacial score (nSPS) is 15.6. The SMILES string of the molecule is CCNC(=NCc1ccon1)NCCCOC1CCN(Cc2ccccc2)CC1.I. The lowest BCUT2D eigenvalue weighted by atomic mass is 10.1. The molecule has 1 saturated heterocycles. The average molecular weight is 527 g/mol. The maximum absolute atomic E-state index is 6.09. The molecule has 0 bridgehead atoms. The van der Waals surface area contributed by atoms with Crippen molar-refractivity contribution in [2.75, 3.05) is 32.8 Å². The Kier molecular flexibility index (Phi) is 11.8. The van der Waals surface area contributed by atoms with Crippen LogP contribution >= 0.6 is 24.0 Å². The Morgan fingerprint density at radius 3 is 2.70 bits per heavy atom. The van der Waals surface area contributed by atoms with E-state index in [1.54, 1.807) is 6.26 Å². The van der Waals surface area contributed by atoms with Gasteiger partial charge in [-0.2, -0.15) is 0 Å². The molecule has 0 amide bonds. The van der Waals surface area contributed by atoms with E-state index in [9.17, 15) is 0 Å². The van der Waals surface area contributed by atoms with Crippen molar-refractivity contribution in [1.29, 1.82) is 0 Å². The molecule has 2 N–H and O–H groups in total. The molecule has 1 aliphatic heterocycles. The van der Waals surface area contributed by atoms with Crippen LogP contribution in [0.4, 0.5) is 0 Å². The van der Waals surface area contributed by atoms with Gasteiger partial charge in [-0.1, -0.05) is 35.5 Å². The predicted molar refractivity (Wildman–Crippen MR) is 130 cm³/mol. The highest BCUT2D eigenvalue weighted by atomic mass is 127. The third-order valence-electron chi connectivity index (χ3n) is 4.99. The number of piperidine rings is 1. The Morgan fingerprint density at radius 1 is 1.20 bits per heavy atom. The summed E-state index contributed by atoms with van der Waals surface area (Å²) in [5.74, 6) is 0.796. The number of ether oxygens (including phenoxy) is 1. The van der Waals surface area contributed by atoms with Gasteiger partial charge in [0.15, 0.2) is 5.96 Å². The molecule has 0 aliphatic carbocycles. The molecule has 0 spiro atoms. The first kappa shape index (κ1) is 24.6. The summed E-state index contributed by atoms with van der Waals surface area (Å²) in [5.41, 5.74) is 2.21. The monoisotopic (exact) mass is 527 g/mol. The van der Waals surface area contributed by atoms with Gasteiger partial charge in [-0.05, 0) is 31.7 Å². The molecule has 1 aromatic heterocycles. The highest BCUT2D eigenvalue weighted by molar-refractivity contribution is 14.0. The van der Waals surface area contributed by atoms with E-state index in [1.807, 2.05) is 6.07 Å². The highest BCUT2D eigenvalue weighted by Gasteiger charge is 2.19. The van der Waals surface area contributed by atoms with Gasteiger partial charge in [0, 0.05) is 45.4 Å². The van der Waals surface area contributed by atoms with Crippen molar-refractivity contribution in [2.24, 2.45) is 4.99 Å². The molecule has 7 nitrogen and oxygen atoms in total. The van der Waals surface area contributed by atoms with E-state index >= 15 is 0 Å². The number of likely N-dealkylation sites (tertiary alicyclic amines) is 1. The lowest BCUT2D eigenvalue weighted by Crippen LogP contribution is -2.38. The lowest BCUT2D eigenvalue weighted by Gasteiger charge is -2.32. The molecular weight excluding hydrogens is 493 g/mol. The Morgan fingerprint density at radius 2 is 2.00 bits per heavy atom. The fraction of sp³-hybridized carbons (Fsp3) is 0.545. The molecule has 0 radical (unpaired) electrons. The van der Waals surface area contributed by atoms with E-state index in [-0.39, 0.29) is 24.0 Å². The number of hydrogen-bond acceptors (Lipinski definition) is 5. The van der Waals surface area contributed by atoms with Gasteiger partial charge in [-0.25, -0.2) is 4.99 Å². The third-order valence-corrected chi connectivity index (χ3v) is 4.99. The average Bonchev–Trinajstić information content (AvgIpc) is 3.27. The first-order valence-electron chi connectivity index (χ1n) is 10.6. The Labute approximate surface area is 196 Å². The number of aliphatic imine (C=N–C) groups is 1. The van der Waals surface area contributed by atoms with Gasteiger partial charge in [0.25, 0.3) is 0 Å². The molecule has 0 saturated carbocycles. The summed E-state index contributed by atoms with van der Waals surface area (Å²) in [6.07, 6.45) is 5.13. The molecule has 8 heteroatoms. The molecule has 2 heterocycles. The van der Waals surface area contributed by atoms with Gasteiger partial charge in [0.1, 0.15) is 12.0 Å². The van der Waals surface area contributed by atoms with E-state index in [4.69, 9.17) is 9.26 Å². The van der Waals surface area contributed by atoms with Gasteiger partial charge in [0.2, 0.25) is 0 Å². The highest BCUT2D eigenvalue weighted by Crippen LogP contribution is 2.16. The zero-order chi connectivity index (χ0) is 20.2. The van der Waals surface area contributed by atoms with Crippen molar-refractivity contribution in [3.8, 4) is 0 Å². The number of aromatic nitrogens is 1. The van der Waals surface area contributed by atoms with Crippen molar-refractivity contribution in [1.82, 2.24) is 20.7 Å². The van der Waals surface area contributed by atoms with Crippen LogP contribution in [0.15, 0.2) is 52.2 Å². The summed E-state index contributed by atoms with van der Waals surface area (Å²) in [7, 11) is 0. The predicted octanol–water partition coefficient (Wildman–Crippen LogP) is 3.42. The Hall–Kier alpha value is -1.65. The minimum Gasteiger partial charge on any atom is -0.378 e. The van der Waals surface area contributed by atoms with E-state index in [2.05, 4.69) is 62.9 Å². The second-order valence-corrected chi connectivity index (χ2v) is 7.30. The topological polar surface area (TPSA) is 74.9 Å². The summed E-state index contributed by atoms with van der Waals surface area (Å²) >= 11 is 0. The Balaban J connectivity index is 0.00000320. The van der Waals surface area contributed by atoms with Crippen LogP contribution in [-0.4, -0.2) is 54.9 Å². The summed E-state index contributed by atoms with van der Waals surface area (Å²) in [6, 6.07) is 12.5. The van der Waals surface area contributed by atoms with Gasteiger partial charge >= 0.3 is 0 Å². The largest absolute Gasteiger partial charge is 0.378 e. The van der Waals surface area contributed by atoms with E-state index < -0.39 is 0 Å². The van der Waals surface area contributed by atoms with Gasteiger partial charge in [0.05, 0.1) is 12.6 Å². The van der Waals surface area contributed by atoms with Crippen LogP contribution in [0.25, 0.3) is 0 Å². The number of nitrogens with zero attached hydrogens (tertiary/aromatic N) is 3. The summed E-state index contributed by atoms with van der Waals surface area (Å²) in [5, 5.41) is 10.5. The standard InChI is InChI=1S/C22H33N5O2.HI/c1-2-23-22(25-17-20-11-16-29-26-20)24-12-6-15-28-21-9-13-27(14-10-21)18-19-7-4-3-5-8-19;/h3-5,7-8,11,16,21H,2,6,9-10,12-15,17-18H2,1H3,(H2,23,24,25);1H. The summed E-state index contributed by atoms with van der Waals surface area (Å²) in [6.45, 7) is 8.25. The number of guanidine groups is 1. The molecule has 3 rings (SSSR count). The van der Waals surface area contributed by atoms with Crippen LogP contribution in [0.3, 0.4) is 0 Å². The van der Waals surface area contributed by atoms with Crippen molar-refractivity contribution in [3.05, 3.63) is 53.9 Å². The zero-order valence-electron chi connectivity index (χ0n) is 17.8. The van der Waals surface area contributed by atoms with E-state index in [1.165, 1.54) is 5.56 Å².